The van der Waals surface area contributed by atoms with Gasteiger partial charge in [-0.3, -0.25) is 0 Å². The van der Waals surface area contributed by atoms with Crippen LogP contribution in [-0.4, -0.2) is 22.9 Å². The Bertz CT molecular complexity index is 502. The predicted octanol–water partition coefficient (Wildman–Crippen LogP) is 2.17. The Labute approximate surface area is 113 Å². The van der Waals surface area contributed by atoms with Crippen LogP contribution < -0.4 is 5.32 Å². The van der Waals surface area contributed by atoms with Crippen molar-refractivity contribution in [2.75, 3.05) is 7.11 Å². The minimum atomic E-state index is 0.459. The smallest absolute Gasteiger partial charge is 0.162 e. The fraction of sp³-hybridized carbons (Fsp3) is 0.500. The van der Waals surface area contributed by atoms with Crippen LogP contribution in [0.2, 0.25) is 0 Å². The van der Waals surface area contributed by atoms with Gasteiger partial charge in [-0.1, -0.05) is 19.0 Å². The summed E-state index contributed by atoms with van der Waals surface area (Å²) in [5, 5.41) is 7.46. The maximum atomic E-state index is 5.19. The summed E-state index contributed by atoms with van der Waals surface area (Å²) in [7, 11) is 1.64. The van der Waals surface area contributed by atoms with Crippen molar-refractivity contribution in [3.05, 3.63) is 41.5 Å². The molecule has 0 amide bonds. The lowest BCUT2D eigenvalue weighted by Gasteiger charge is -2.10. The number of ether oxygens (including phenoxy) is 1. The van der Waals surface area contributed by atoms with Crippen molar-refractivity contribution in [2.24, 2.45) is 0 Å². The highest BCUT2D eigenvalue weighted by atomic mass is 16.5. The summed E-state index contributed by atoms with van der Waals surface area (Å²) in [6.45, 7) is 6.31. The molecule has 2 heterocycles. The summed E-state index contributed by atoms with van der Waals surface area (Å²) in [6, 6.07) is 6.58. The Morgan fingerprint density at radius 3 is 3.05 bits per heavy atom. The minimum absolute atomic E-state index is 0.459. The third-order valence-corrected chi connectivity index (χ3v) is 2.84. The van der Waals surface area contributed by atoms with E-state index in [0.717, 1.165) is 24.5 Å². The van der Waals surface area contributed by atoms with Gasteiger partial charge in [-0.2, -0.15) is 0 Å². The summed E-state index contributed by atoms with van der Waals surface area (Å²) >= 11 is 0. The molecule has 0 aliphatic rings. The van der Waals surface area contributed by atoms with E-state index in [2.05, 4.69) is 41.2 Å². The zero-order valence-electron chi connectivity index (χ0n) is 11.7. The number of nitrogens with zero attached hydrogens (tertiary/aromatic N) is 2. The lowest BCUT2D eigenvalue weighted by atomic mass is 10.3. The molecule has 0 fully saturated rings. The van der Waals surface area contributed by atoms with Crippen molar-refractivity contribution >= 4 is 0 Å². The van der Waals surface area contributed by atoms with Gasteiger partial charge in [0.2, 0.25) is 0 Å². The Kier molecular flexibility index (Phi) is 4.76. The average Bonchev–Trinajstić information content (AvgIpc) is 2.97. The zero-order chi connectivity index (χ0) is 13.7. The molecule has 1 N–H and O–H groups in total. The number of methoxy groups -OCH3 is 1. The molecule has 0 aliphatic heterocycles. The van der Waals surface area contributed by atoms with Crippen LogP contribution in [-0.2, 0) is 24.4 Å². The summed E-state index contributed by atoms with van der Waals surface area (Å²) in [4.78, 5) is 0. The summed E-state index contributed by atoms with van der Waals surface area (Å²) in [5.74, 6) is 0.756. The Morgan fingerprint density at radius 2 is 2.32 bits per heavy atom. The molecule has 0 aromatic carbocycles. The summed E-state index contributed by atoms with van der Waals surface area (Å²) in [6.07, 6.45) is 2.06. The summed E-state index contributed by atoms with van der Waals surface area (Å²) < 4.78 is 12.4. The molecule has 104 valence electrons. The SMILES string of the molecule is COCc1cc(Cn2cccc2CNC(C)C)no1. The van der Waals surface area contributed by atoms with Crippen molar-refractivity contribution in [1.82, 2.24) is 15.0 Å². The van der Waals surface area contributed by atoms with E-state index in [1.807, 2.05) is 12.1 Å². The molecule has 2 aromatic heterocycles. The molecule has 0 bridgehead atoms. The average molecular weight is 263 g/mol. The van der Waals surface area contributed by atoms with Crippen LogP contribution in [0.3, 0.4) is 0 Å². The minimum Gasteiger partial charge on any atom is -0.377 e. The highest BCUT2D eigenvalue weighted by Gasteiger charge is 2.07. The lowest BCUT2D eigenvalue weighted by molar-refractivity contribution is 0.155. The van der Waals surface area contributed by atoms with E-state index in [0.29, 0.717) is 12.6 Å². The molecule has 5 heteroatoms. The monoisotopic (exact) mass is 263 g/mol. The van der Waals surface area contributed by atoms with Gasteiger partial charge < -0.3 is 19.1 Å². The van der Waals surface area contributed by atoms with Crippen LogP contribution in [0.4, 0.5) is 0 Å². The molecule has 0 spiro atoms. The molecule has 19 heavy (non-hydrogen) atoms. The Balaban J connectivity index is 1.99. The molecule has 0 aliphatic carbocycles. The molecule has 0 unspecified atom stereocenters. The van der Waals surface area contributed by atoms with E-state index in [1.165, 1.54) is 5.69 Å². The van der Waals surface area contributed by atoms with Gasteiger partial charge in [0.1, 0.15) is 12.3 Å². The highest BCUT2D eigenvalue weighted by Crippen LogP contribution is 2.10. The topological polar surface area (TPSA) is 52.2 Å². The predicted molar refractivity (Wildman–Crippen MR) is 72.7 cm³/mol. The van der Waals surface area contributed by atoms with Crippen molar-refractivity contribution in [3.8, 4) is 0 Å². The van der Waals surface area contributed by atoms with Gasteiger partial charge in [0.25, 0.3) is 0 Å². The van der Waals surface area contributed by atoms with Crippen LogP contribution in [0.15, 0.2) is 28.9 Å². The molecule has 0 radical (unpaired) electrons. The maximum absolute atomic E-state index is 5.19. The van der Waals surface area contributed by atoms with E-state index < -0.39 is 0 Å². The Hall–Kier alpha value is -1.59. The fourth-order valence-corrected chi connectivity index (χ4v) is 1.89. The van der Waals surface area contributed by atoms with E-state index in [1.54, 1.807) is 7.11 Å². The second-order valence-corrected chi connectivity index (χ2v) is 4.88. The lowest BCUT2D eigenvalue weighted by Crippen LogP contribution is -2.23. The van der Waals surface area contributed by atoms with Crippen molar-refractivity contribution in [1.29, 1.82) is 0 Å². The normalized spacial score (nSPS) is 11.4. The third-order valence-electron chi connectivity index (χ3n) is 2.84. The van der Waals surface area contributed by atoms with E-state index in [9.17, 15) is 0 Å². The van der Waals surface area contributed by atoms with Gasteiger partial charge in [0, 0.05) is 37.7 Å². The van der Waals surface area contributed by atoms with Crippen molar-refractivity contribution in [2.45, 2.75) is 39.6 Å². The Morgan fingerprint density at radius 1 is 1.47 bits per heavy atom. The molecule has 2 aromatic rings. The zero-order valence-corrected chi connectivity index (χ0v) is 11.7. The molecule has 5 nitrogen and oxygen atoms in total. The van der Waals surface area contributed by atoms with Gasteiger partial charge in [0.05, 0.1) is 6.54 Å². The van der Waals surface area contributed by atoms with Crippen LogP contribution in [0.5, 0.6) is 0 Å². The molecule has 0 saturated carbocycles. The standard InChI is InChI=1S/C14H21N3O2/c1-11(2)15-8-13-5-4-6-17(13)9-12-7-14(10-18-3)19-16-12/h4-7,11,15H,8-10H2,1-3H3. The molecular formula is C14H21N3O2. The number of hydrogen-bond acceptors (Lipinski definition) is 4. The van der Waals surface area contributed by atoms with E-state index in [4.69, 9.17) is 9.26 Å². The molecular weight excluding hydrogens is 242 g/mol. The highest BCUT2D eigenvalue weighted by molar-refractivity contribution is 5.12. The molecule has 0 atom stereocenters. The van der Waals surface area contributed by atoms with Crippen LogP contribution >= 0.6 is 0 Å². The van der Waals surface area contributed by atoms with E-state index >= 15 is 0 Å². The maximum Gasteiger partial charge on any atom is 0.162 e. The molecule has 0 saturated heterocycles. The number of hydrogen-bond donors (Lipinski definition) is 1. The van der Waals surface area contributed by atoms with Gasteiger partial charge in [0.15, 0.2) is 5.76 Å². The number of aromatic nitrogens is 2. The van der Waals surface area contributed by atoms with Gasteiger partial charge in [-0.15, -0.1) is 0 Å². The largest absolute Gasteiger partial charge is 0.377 e. The number of rotatable bonds is 7. The van der Waals surface area contributed by atoms with E-state index in [-0.39, 0.29) is 0 Å². The first-order chi connectivity index (χ1) is 9.19. The molecule has 2 rings (SSSR count). The first-order valence-corrected chi connectivity index (χ1v) is 6.50. The third kappa shape index (κ3) is 3.94. The number of nitrogens with one attached hydrogen (secondary N) is 1. The fourth-order valence-electron chi connectivity index (χ4n) is 1.89. The van der Waals surface area contributed by atoms with Crippen LogP contribution in [0.25, 0.3) is 0 Å². The summed E-state index contributed by atoms with van der Waals surface area (Å²) in [5.41, 5.74) is 2.15. The van der Waals surface area contributed by atoms with Crippen LogP contribution in [0.1, 0.15) is 31.0 Å². The van der Waals surface area contributed by atoms with Gasteiger partial charge in [-0.05, 0) is 12.1 Å². The first kappa shape index (κ1) is 13.8. The van der Waals surface area contributed by atoms with Crippen molar-refractivity contribution in [3.63, 3.8) is 0 Å². The van der Waals surface area contributed by atoms with Gasteiger partial charge in [-0.25, -0.2) is 0 Å². The first-order valence-electron chi connectivity index (χ1n) is 6.50. The second kappa shape index (κ2) is 6.54. The van der Waals surface area contributed by atoms with Gasteiger partial charge >= 0.3 is 0 Å². The van der Waals surface area contributed by atoms with Crippen LogP contribution in [0, 0.1) is 0 Å². The second-order valence-electron chi connectivity index (χ2n) is 4.88. The van der Waals surface area contributed by atoms with Crippen molar-refractivity contribution < 1.29 is 9.26 Å². The quantitative estimate of drug-likeness (QED) is 0.831.